The van der Waals surface area contributed by atoms with Gasteiger partial charge in [-0.05, 0) is 11.6 Å². The lowest BCUT2D eigenvalue weighted by molar-refractivity contribution is 0.421. The highest BCUT2D eigenvalue weighted by Gasteiger charge is 2.08. The quantitative estimate of drug-likeness (QED) is 0.429. The molecular formula is C7H5F2N3O. The van der Waals surface area contributed by atoms with Crippen molar-refractivity contribution in [1.29, 1.82) is 0 Å². The Morgan fingerprint density at radius 2 is 2.15 bits per heavy atom. The smallest absolute Gasteiger partial charge is 0.168 e. The fourth-order valence-corrected chi connectivity index (χ4v) is 0.848. The summed E-state index contributed by atoms with van der Waals surface area (Å²) in [6.07, 6.45) is 0. The number of azide groups is 1. The van der Waals surface area contributed by atoms with Crippen LogP contribution >= 0.6 is 0 Å². The van der Waals surface area contributed by atoms with Crippen molar-refractivity contribution in [3.05, 3.63) is 39.8 Å². The summed E-state index contributed by atoms with van der Waals surface area (Å²) in [6.45, 7) is -0.281. The second kappa shape index (κ2) is 3.73. The molecule has 0 spiro atoms. The summed E-state index contributed by atoms with van der Waals surface area (Å²) in [5.74, 6) is -2.57. The average molecular weight is 185 g/mol. The van der Waals surface area contributed by atoms with Gasteiger partial charge in [-0.3, -0.25) is 0 Å². The molecule has 1 aromatic carbocycles. The first-order valence-electron chi connectivity index (χ1n) is 3.33. The van der Waals surface area contributed by atoms with E-state index in [2.05, 4.69) is 10.0 Å². The van der Waals surface area contributed by atoms with Crippen molar-refractivity contribution in [3.63, 3.8) is 0 Å². The highest BCUT2D eigenvalue weighted by Crippen LogP contribution is 2.23. The maximum absolute atomic E-state index is 12.6. The third-order valence-electron chi connectivity index (χ3n) is 1.41. The van der Waals surface area contributed by atoms with Crippen molar-refractivity contribution in [3.8, 4) is 5.75 Å². The van der Waals surface area contributed by atoms with Crippen molar-refractivity contribution in [1.82, 2.24) is 0 Å². The second-order valence-electron chi connectivity index (χ2n) is 2.28. The van der Waals surface area contributed by atoms with E-state index in [4.69, 9.17) is 10.6 Å². The van der Waals surface area contributed by atoms with E-state index in [1.165, 1.54) is 0 Å². The Morgan fingerprint density at radius 3 is 2.77 bits per heavy atom. The number of halogens is 2. The maximum Gasteiger partial charge on any atom is 0.168 e. The van der Waals surface area contributed by atoms with Crippen LogP contribution in [0.3, 0.4) is 0 Å². The van der Waals surface area contributed by atoms with Gasteiger partial charge in [-0.2, -0.15) is 0 Å². The first-order valence-corrected chi connectivity index (χ1v) is 3.33. The summed E-state index contributed by atoms with van der Waals surface area (Å²) in [5, 5.41) is 12.1. The lowest BCUT2D eigenvalue weighted by Gasteiger charge is -2.01. The third kappa shape index (κ3) is 2.07. The van der Waals surface area contributed by atoms with Crippen LogP contribution in [0.2, 0.25) is 0 Å². The van der Waals surface area contributed by atoms with Gasteiger partial charge in [0.25, 0.3) is 0 Å². The van der Waals surface area contributed by atoms with E-state index in [0.29, 0.717) is 6.07 Å². The van der Waals surface area contributed by atoms with E-state index >= 15 is 0 Å². The number of hydrogen-bond acceptors (Lipinski definition) is 2. The number of hydrogen-bond donors (Lipinski definition) is 1. The highest BCUT2D eigenvalue weighted by molar-refractivity contribution is 5.34. The van der Waals surface area contributed by atoms with Crippen LogP contribution in [0.1, 0.15) is 5.56 Å². The van der Waals surface area contributed by atoms with Gasteiger partial charge in [0.2, 0.25) is 0 Å². The van der Waals surface area contributed by atoms with Crippen molar-refractivity contribution < 1.29 is 13.9 Å². The van der Waals surface area contributed by atoms with Crippen LogP contribution in [-0.2, 0) is 6.54 Å². The molecule has 0 saturated carbocycles. The number of benzene rings is 1. The Labute approximate surface area is 72.1 Å². The number of phenolic OH excluding ortho intramolecular Hbond substituents is 1. The normalized spacial score (nSPS) is 9.38. The van der Waals surface area contributed by atoms with Crippen LogP contribution in [0.15, 0.2) is 17.2 Å². The molecule has 0 aliphatic carbocycles. The molecule has 0 bridgehead atoms. The molecule has 13 heavy (non-hydrogen) atoms. The molecule has 6 heteroatoms. The highest BCUT2D eigenvalue weighted by atomic mass is 19.1. The first-order chi connectivity index (χ1) is 6.15. The maximum atomic E-state index is 12.6. The summed E-state index contributed by atoms with van der Waals surface area (Å²) in [4.78, 5) is 2.40. The molecule has 0 radical (unpaired) electrons. The molecule has 0 atom stereocenters. The molecule has 4 nitrogen and oxygen atoms in total. The zero-order valence-corrected chi connectivity index (χ0v) is 6.41. The zero-order chi connectivity index (χ0) is 9.84. The predicted molar refractivity (Wildman–Crippen MR) is 40.9 cm³/mol. The Kier molecular flexibility index (Phi) is 2.66. The molecule has 0 amide bonds. The van der Waals surface area contributed by atoms with Gasteiger partial charge in [-0.1, -0.05) is 5.11 Å². The van der Waals surface area contributed by atoms with Crippen molar-refractivity contribution >= 4 is 0 Å². The van der Waals surface area contributed by atoms with E-state index < -0.39 is 17.4 Å². The fraction of sp³-hybridized carbons (Fsp3) is 0.143. The molecule has 68 valence electrons. The monoisotopic (exact) mass is 185 g/mol. The Balaban J connectivity index is 3.12. The first kappa shape index (κ1) is 9.28. The summed E-state index contributed by atoms with van der Waals surface area (Å²) in [5.41, 5.74) is 7.87. The summed E-state index contributed by atoms with van der Waals surface area (Å²) in [6, 6.07) is 1.46. The number of rotatable bonds is 2. The van der Waals surface area contributed by atoms with Gasteiger partial charge in [0.1, 0.15) is 5.82 Å². The lowest BCUT2D eigenvalue weighted by Crippen LogP contribution is -1.88. The molecule has 0 aliphatic rings. The van der Waals surface area contributed by atoms with Gasteiger partial charge < -0.3 is 5.11 Å². The number of aromatic hydroxyl groups is 1. The van der Waals surface area contributed by atoms with Gasteiger partial charge in [0.15, 0.2) is 11.6 Å². The minimum Gasteiger partial charge on any atom is -0.505 e. The molecule has 0 unspecified atom stereocenters. The molecule has 1 rings (SSSR count). The minimum atomic E-state index is -1.07. The SMILES string of the molecule is [N-]=[N+]=NCc1cc(F)cc(F)c1O. The minimum absolute atomic E-state index is 0.0738. The van der Waals surface area contributed by atoms with Crippen LogP contribution in [0.25, 0.3) is 10.4 Å². The van der Waals surface area contributed by atoms with E-state index in [1.54, 1.807) is 0 Å². The Hall–Kier alpha value is -1.81. The number of nitrogens with zero attached hydrogens (tertiary/aromatic N) is 3. The van der Waals surface area contributed by atoms with Gasteiger partial charge in [0.05, 0.1) is 6.54 Å². The van der Waals surface area contributed by atoms with Crippen LogP contribution in [0.4, 0.5) is 8.78 Å². The zero-order valence-electron chi connectivity index (χ0n) is 6.41. The van der Waals surface area contributed by atoms with Gasteiger partial charge in [-0.25, -0.2) is 8.78 Å². The standard InChI is InChI=1S/C7H5F2N3O/c8-5-1-4(3-11-12-10)7(13)6(9)2-5/h1-2,13H,3H2. The van der Waals surface area contributed by atoms with E-state index in [-0.39, 0.29) is 12.1 Å². The number of phenols is 1. The Morgan fingerprint density at radius 1 is 1.46 bits per heavy atom. The molecule has 0 fully saturated rings. The third-order valence-corrected chi connectivity index (χ3v) is 1.41. The van der Waals surface area contributed by atoms with E-state index in [0.717, 1.165) is 6.07 Å². The topological polar surface area (TPSA) is 69.0 Å². The summed E-state index contributed by atoms with van der Waals surface area (Å²) < 4.78 is 25.2. The molecule has 1 aromatic rings. The van der Waals surface area contributed by atoms with Crippen LogP contribution in [0, 0.1) is 11.6 Å². The van der Waals surface area contributed by atoms with Crippen LogP contribution < -0.4 is 0 Å². The molecule has 0 heterocycles. The van der Waals surface area contributed by atoms with Gasteiger partial charge >= 0.3 is 0 Å². The molecule has 0 saturated heterocycles. The largest absolute Gasteiger partial charge is 0.505 e. The summed E-state index contributed by atoms with van der Waals surface area (Å²) in [7, 11) is 0. The summed E-state index contributed by atoms with van der Waals surface area (Å²) >= 11 is 0. The van der Waals surface area contributed by atoms with E-state index in [9.17, 15) is 8.78 Å². The van der Waals surface area contributed by atoms with Gasteiger partial charge in [-0.15, -0.1) is 0 Å². The van der Waals surface area contributed by atoms with Crippen molar-refractivity contribution in [2.75, 3.05) is 0 Å². The van der Waals surface area contributed by atoms with Crippen molar-refractivity contribution in [2.24, 2.45) is 5.11 Å². The molecule has 0 aromatic heterocycles. The lowest BCUT2D eigenvalue weighted by atomic mass is 10.2. The van der Waals surface area contributed by atoms with E-state index in [1.807, 2.05) is 0 Å². The molecule has 1 N–H and O–H groups in total. The predicted octanol–water partition coefficient (Wildman–Crippen LogP) is 2.48. The molecular weight excluding hydrogens is 180 g/mol. The van der Waals surface area contributed by atoms with Gasteiger partial charge in [0, 0.05) is 16.5 Å². The fourth-order valence-electron chi connectivity index (χ4n) is 0.848. The Bertz CT molecular complexity index is 374. The molecule has 0 aliphatic heterocycles. The van der Waals surface area contributed by atoms with Crippen LogP contribution in [0.5, 0.6) is 5.75 Å². The second-order valence-corrected chi connectivity index (χ2v) is 2.28. The average Bonchev–Trinajstić information content (AvgIpc) is 2.09. The van der Waals surface area contributed by atoms with Crippen molar-refractivity contribution in [2.45, 2.75) is 6.54 Å². The van der Waals surface area contributed by atoms with Crippen LogP contribution in [-0.4, -0.2) is 5.11 Å².